The molecule has 3 rings (SSSR count). The molecule has 0 spiro atoms. The highest BCUT2D eigenvalue weighted by molar-refractivity contribution is 5.58. The van der Waals surface area contributed by atoms with Crippen LogP contribution in [-0.2, 0) is 16.1 Å². The van der Waals surface area contributed by atoms with E-state index in [1.807, 2.05) is 6.07 Å². The van der Waals surface area contributed by atoms with Crippen molar-refractivity contribution in [2.75, 3.05) is 51.4 Å². The second-order valence-electron chi connectivity index (χ2n) is 6.04. The summed E-state index contributed by atoms with van der Waals surface area (Å²) < 4.78 is 10.7. The van der Waals surface area contributed by atoms with Crippen LogP contribution in [0.15, 0.2) is 18.2 Å². The van der Waals surface area contributed by atoms with Gasteiger partial charge in [-0.3, -0.25) is 15.0 Å². The second kappa shape index (κ2) is 7.25. The zero-order valence-electron chi connectivity index (χ0n) is 13.4. The maximum atomic E-state index is 11.0. The molecule has 1 aromatic carbocycles. The summed E-state index contributed by atoms with van der Waals surface area (Å²) in [5.74, 6) is 0. The Hall–Kier alpha value is -1.70. The third kappa shape index (κ3) is 3.63. The quantitative estimate of drug-likeness (QED) is 0.607. The van der Waals surface area contributed by atoms with Crippen molar-refractivity contribution in [2.45, 2.75) is 19.1 Å². The molecule has 0 aliphatic carbocycles. The van der Waals surface area contributed by atoms with Crippen LogP contribution < -0.4 is 4.90 Å². The first-order valence-corrected chi connectivity index (χ1v) is 8.02. The fourth-order valence-electron chi connectivity index (χ4n) is 3.47. The Kier molecular flexibility index (Phi) is 5.09. The maximum Gasteiger partial charge on any atom is 0.269 e. The smallest absolute Gasteiger partial charge is 0.269 e. The van der Waals surface area contributed by atoms with E-state index in [0.29, 0.717) is 12.6 Å². The lowest BCUT2D eigenvalue weighted by atomic mass is 10.1. The van der Waals surface area contributed by atoms with Crippen LogP contribution in [0.4, 0.5) is 11.4 Å². The predicted octanol–water partition coefficient (Wildman–Crippen LogP) is 1.65. The van der Waals surface area contributed by atoms with Gasteiger partial charge in [-0.1, -0.05) is 0 Å². The Labute approximate surface area is 135 Å². The number of rotatable bonds is 5. The first kappa shape index (κ1) is 16.2. The van der Waals surface area contributed by atoms with Crippen LogP contribution in [0.1, 0.15) is 12.0 Å². The molecule has 1 aromatic rings. The largest absolute Gasteiger partial charge is 0.380 e. The molecule has 0 saturated carbocycles. The van der Waals surface area contributed by atoms with Gasteiger partial charge >= 0.3 is 0 Å². The molecule has 23 heavy (non-hydrogen) atoms. The topological polar surface area (TPSA) is 68.1 Å². The number of nitro benzene ring substituents is 1. The van der Waals surface area contributed by atoms with Gasteiger partial charge in [0.15, 0.2) is 0 Å². The van der Waals surface area contributed by atoms with Crippen LogP contribution in [-0.4, -0.2) is 62.4 Å². The summed E-state index contributed by atoms with van der Waals surface area (Å²) in [6, 6.07) is 5.59. The molecule has 1 atom stereocenters. The average Bonchev–Trinajstić information content (AvgIpc) is 3.05. The van der Waals surface area contributed by atoms with E-state index in [4.69, 9.17) is 9.47 Å². The summed E-state index contributed by atoms with van der Waals surface area (Å²) in [7, 11) is 1.61. The van der Waals surface area contributed by atoms with E-state index in [0.717, 1.165) is 57.1 Å². The molecular weight excluding hydrogens is 298 g/mol. The van der Waals surface area contributed by atoms with Crippen molar-refractivity contribution in [1.29, 1.82) is 0 Å². The van der Waals surface area contributed by atoms with Crippen molar-refractivity contribution in [2.24, 2.45) is 0 Å². The third-order valence-corrected chi connectivity index (χ3v) is 4.64. The van der Waals surface area contributed by atoms with Gasteiger partial charge in [-0.05, 0) is 12.5 Å². The molecule has 1 unspecified atom stereocenters. The van der Waals surface area contributed by atoms with Crippen molar-refractivity contribution in [3.8, 4) is 0 Å². The highest BCUT2D eigenvalue weighted by Gasteiger charge is 2.30. The first-order chi connectivity index (χ1) is 11.2. The normalized spacial score (nSPS) is 22.5. The zero-order chi connectivity index (χ0) is 16.2. The number of morpholine rings is 1. The van der Waals surface area contributed by atoms with Gasteiger partial charge in [0.2, 0.25) is 0 Å². The van der Waals surface area contributed by atoms with Crippen molar-refractivity contribution < 1.29 is 14.4 Å². The maximum absolute atomic E-state index is 11.0. The fraction of sp³-hybridized carbons (Fsp3) is 0.625. The molecular formula is C16H23N3O4. The minimum absolute atomic E-state index is 0.115. The number of hydrogen-bond acceptors (Lipinski definition) is 6. The Morgan fingerprint density at radius 2 is 2.13 bits per heavy atom. The van der Waals surface area contributed by atoms with Gasteiger partial charge in [0.05, 0.1) is 24.7 Å². The van der Waals surface area contributed by atoms with Crippen LogP contribution >= 0.6 is 0 Å². The molecule has 2 aliphatic rings. The van der Waals surface area contributed by atoms with Crippen LogP contribution in [0.3, 0.4) is 0 Å². The lowest BCUT2D eigenvalue weighted by Crippen LogP contribution is -2.44. The number of hydrogen-bond donors (Lipinski definition) is 0. The summed E-state index contributed by atoms with van der Waals surface area (Å²) in [6.07, 6.45) is 1.11. The number of anilines is 1. The highest BCUT2D eigenvalue weighted by atomic mass is 16.6. The van der Waals surface area contributed by atoms with Crippen molar-refractivity contribution in [1.82, 2.24) is 4.90 Å². The van der Waals surface area contributed by atoms with Crippen molar-refractivity contribution >= 4 is 11.4 Å². The molecule has 0 amide bonds. The van der Waals surface area contributed by atoms with Crippen LogP contribution in [0.2, 0.25) is 0 Å². The number of ether oxygens (including phenoxy) is 2. The van der Waals surface area contributed by atoms with Gasteiger partial charge in [-0.25, -0.2) is 0 Å². The van der Waals surface area contributed by atoms with E-state index in [2.05, 4.69) is 9.80 Å². The number of methoxy groups -OCH3 is 1. The van der Waals surface area contributed by atoms with Gasteiger partial charge in [-0.15, -0.1) is 0 Å². The van der Waals surface area contributed by atoms with Gasteiger partial charge in [0.1, 0.15) is 0 Å². The Morgan fingerprint density at radius 1 is 1.35 bits per heavy atom. The number of nitrogens with zero attached hydrogens (tertiary/aromatic N) is 3. The lowest BCUT2D eigenvalue weighted by molar-refractivity contribution is -0.384. The molecule has 2 heterocycles. The molecule has 0 bridgehead atoms. The summed E-state index contributed by atoms with van der Waals surface area (Å²) in [5.41, 5.74) is 2.04. The van der Waals surface area contributed by atoms with Gasteiger partial charge < -0.3 is 14.4 Å². The third-order valence-electron chi connectivity index (χ3n) is 4.64. The molecule has 7 heteroatoms. The zero-order valence-corrected chi connectivity index (χ0v) is 13.4. The fourth-order valence-corrected chi connectivity index (χ4v) is 3.47. The molecule has 7 nitrogen and oxygen atoms in total. The van der Waals surface area contributed by atoms with Crippen molar-refractivity contribution in [3.05, 3.63) is 33.9 Å². The molecule has 0 aromatic heterocycles. The molecule has 126 valence electrons. The van der Waals surface area contributed by atoms with Crippen molar-refractivity contribution in [3.63, 3.8) is 0 Å². The van der Waals surface area contributed by atoms with Crippen LogP contribution in [0, 0.1) is 10.1 Å². The van der Waals surface area contributed by atoms with Gasteiger partial charge in [0.25, 0.3) is 5.69 Å². The molecule has 2 aliphatic heterocycles. The average molecular weight is 321 g/mol. The molecule has 2 saturated heterocycles. The summed E-state index contributed by atoms with van der Waals surface area (Å²) in [6.45, 7) is 5.90. The van der Waals surface area contributed by atoms with Crippen LogP contribution in [0.25, 0.3) is 0 Å². The van der Waals surface area contributed by atoms with E-state index < -0.39 is 0 Å². The number of non-ortho nitro benzene ring substituents is 1. The van der Waals surface area contributed by atoms with E-state index in [9.17, 15) is 10.1 Å². The standard InChI is InChI=1S/C16H23N3O4/c1-22-12-13-10-14(19(20)21)2-3-16(13)18-5-4-15(11-18)17-6-8-23-9-7-17/h2-3,10,15H,4-9,11-12H2,1H3. The van der Waals surface area contributed by atoms with E-state index in [-0.39, 0.29) is 10.6 Å². The van der Waals surface area contributed by atoms with E-state index in [1.54, 1.807) is 19.2 Å². The summed E-state index contributed by atoms with van der Waals surface area (Å²) >= 11 is 0. The number of benzene rings is 1. The highest BCUT2D eigenvalue weighted by Crippen LogP contribution is 2.30. The second-order valence-corrected chi connectivity index (χ2v) is 6.04. The lowest BCUT2D eigenvalue weighted by Gasteiger charge is -2.32. The molecule has 0 radical (unpaired) electrons. The minimum Gasteiger partial charge on any atom is -0.380 e. The predicted molar refractivity (Wildman–Crippen MR) is 86.8 cm³/mol. The SMILES string of the molecule is COCc1cc([N+](=O)[O-])ccc1N1CCC(N2CCOCC2)C1. The van der Waals surface area contributed by atoms with Crippen LogP contribution in [0.5, 0.6) is 0 Å². The number of nitro groups is 1. The first-order valence-electron chi connectivity index (χ1n) is 8.02. The van der Waals surface area contributed by atoms with E-state index in [1.165, 1.54) is 0 Å². The van der Waals surface area contributed by atoms with Gasteiger partial charge in [-0.2, -0.15) is 0 Å². The summed E-state index contributed by atoms with van der Waals surface area (Å²) in [4.78, 5) is 15.4. The Morgan fingerprint density at radius 3 is 2.83 bits per heavy atom. The van der Waals surface area contributed by atoms with Gasteiger partial charge in [0, 0.05) is 62.7 Å². The Balaban J connectivity index is 1.74. The molecule has 2 fully saturated rings. The summed E-state index contributed by atoms with van der Waals surface area (Å²) in [5, 5.41) is 11.0. The van der Waals surface area contributed by atoms with E-state index >= 15 is 0 Å². The molecule has 0 N–H and O–H groups in total. The minimum atomic E-state index is -0.358. The Bertz CT molecular complexity index is 560. The monoisotopic (exact) mass is 321 g/mol.